The van der Waals surface area contributed by atoms with E-state index in [1.54, 1.807) is 0 Å². The number of nitrogens with one attached hydrogen (secondary N) is 1. The normalized spacial score (nSPS) is 12.0. The summed E-state index contributed by atoms with van der Waals surface area (Å²) in [6.45, 7) is 0.138. The monoisotopic (exact) mass is 438 g/mol. The predicted octanol–water partition coefficient (Wildman–Crippen LogP) is 3.41. The van der Waals surface area contributed by atoms with Crippen LogP contribution in [0.25, 0.3) is 0 Å². The van der Waals surface area contributed by atoms with E-state index < -0.39 is 26.8 Å². The van der Waals surface area contributed by atoms with Gasteiger partial charge in [0.1, 0.15) is 0 Å². The molecule has 146 valence electrons. The predicted molar refractivity (Wildman–Crippen MR) is 96.8 cm³/mol. The van der Waals surface area contributed by atoms with Gasteiger partial charge in [-0.3, -0.25) is 4.79 Å². The fraction of sp³-hybridized carbons (Fsp3) is 0.188. The molecule has 0 aromatic heterocycles. The highest BCUT2D eigenvalue weighted by atomic mass is 35.5. The molecule has 0 saturated carbocycles. The quantitative estimate of drug-likeness (QED) is 0.676. The summed E-state index contributed by atoms with van der Waals surface area (Å²) in [5.41, 5.74) is -0.309. The highest BCUT2D eigenvalue weighted by Gasteiger charge is 2.33. The van der Waals surface area contributed by atoms with E-state index in [-0.39, 0.29) is 28.0 Å². The van der Waals surface area contributed by atoms with Crippen molar-refractivity contribution in [1.29, 1.82) is 0 Å². The fourth-order valence-corrected chi connectivity index (χ4v) is 3.51. The van der Waals surface area contributed by atoms with Crippen LogP contribution in [0.2, 0.25) is 5.02 Å². The highest BCUT2D eigenvalue weighted by Crippen LogP contribution is 2.36. The van der Waals surface area contributed by atoms with E-state index in [2.05, 4.69) is 5.32 Å². The largest absolute Gasteiger partial charge is 0.417 e. The topological polar surface area (TPSA) is 89.3 Å². The van der Waals surface area contributed by atoms with Crippen molar-refractivity contribution in [1.82, 2.24) is 5.32 Å². The van der Waals surface area contributed by atoms with Gasteiger partial charge >= 0.3 is 6.18 Å². The first-order chi connectivity index (χ1) is 12.5. The van der Waals surface area contributed by atoms with Crippen molar-refractivity contribution in [3.8, 4) is 0 Å². The number of alkyl halides is 3. The van der Waals surface area contributed by atoms with Gasteiger partial charge in [0, 0.05) is 11.4 Å². The summed E-state index contributed by atoms with van der Waals surface area (Å²) in [4.78, 5) is 12.1. The van der Waals surface area contributed by atoms with Crippen molar-refractivity contribution in [3.63, 3.8) is 0 Å². The number of primary sulfonamides is 1. The molecule has 0 unspecified atom stereocenters. The van der Waals surface area contributed by atoms with Gasteiger partial charge in [0.2, 0.25) is 15.9 Å². The van der Waals surface area contributed by atoms with Crippen LogP contribution in [-0.2, 0) is 27.5 Å². The van der Waals surface area contributed by atoms with Crippen LogP contribution >= 0.6 is 23.4 Å². The number of benzene rings is 2. The number of hydrogen-bond acceptors (Lipinski definition) is 4. The van der Waals surface area contributed by atoms with Crippen LogP contribution in [0.4, 0.5) is 13.2 Å². The zero-order chi connectivity index (χ0) is 20.2. The van der Waals surface area contributed by atoms with Crippen molar-refractivity contribution >= 4 is 39.3 Å². The number of thioether (sulfide) groups is 1. The van der Waals surface area contributed by atoms with Gasteiger partial charge in [-0.25, -0.2) is 13.6 Å². The van der Waals surface area contributed by atoms with Crippen molar-refractivity contribution < 1.29 is 26.4 Å². The Balaban J connectivity index is 1.90. The van der Waals surface area contributed by atoms with Crippen LogP contribution in [0.15, 0.2) is 52.3 Å². The minimum Gasteiger partial charge on any atom is -0.351 e. The summed E-state index contributed by atoms with van der Waals surface area (Å²) in [6.07, 6.45) is -4.57. The molecule has 0 heterocycles. The number of nitrogens with two attached hydrogens (primary N) is 1. The number of halogens is 4. The fourth-order valence-electron chi connectivity index (χ4n) is 2.01. The number of hydrogen-bond donors (Lipinski definition) is 2. The molecule has 0 aliphatic carbocycles. The first kappa shape index (κ1) is 21.5. The molecule has 0 aliphatic heterocycles. The Morgan fingerprint density at radius 3 is 2.33 bits per heavy atom. The Hall–Kier alpha value is -1.75. The lowest BCUT2D eigenvalue weighted by molar-refractivity contribution is -0.137. The minimum atomic E-state index is -4.57. The summed E-state index contributed by atoms with van der Waals surface area (Å²) in [7, 11) is -3.79. The number of rotatable bonds is 6. The van der Waals surface area contributed by atoms with Crippen LogP contribution in [-0.4, -0.2) is 20.1 Å². The minimum absolute atomic E-state index is 0.0451. The zero-order valence-electron chi connectivity index (χ0n) is 13.6. The van der Waals surface area contributed by atoms with Gasteiger partial charge in [0.05, 0.1) is 21.2 Å². The van der Waals surface area contributed by atoms with E-state index >= 15 is 0 Å². The van der Waals surface area contributed by atoms with Gasteiger partial charge in [-0.05, 0) is 35.9 Å². The molecule has 2 rings (SSSR count). The van der Waals surface area contributed by atoms with Crippen molar-refractivity contribution in [2.75, 3.05) is 5.75 Å². The lowest BCUT2D eigenvalue weighted by atomic mass is 10.2. The van der Waals surface area contributed by atoms with Crippen LogP contribution in [0.1, 0.15) is 11.1 Å². The number of sulfonamides is 1. The second-order valence-electron chi connectivity index (χ2n) is 5.39. The summed E-state index contributed by atoms with van der Waals surface area (Å²) < 4.78 is 60.8. The molecular weight excluding hydrogens is 425 g/mol. The van der Waals surface area contributed by atoms with E-state index in [4.69, 9.17) is 16.7 Å². The SMILES string of the molecule is NS(=O)(=O)c1ccc(CNC(=O)CSc2ccc(Cl)c(C(F)(F)F)c2)cc1. The lowest BCUT2D eigenvalue weighted by Gasteiger charge is -2.11. The average molecular weight is 439 g/mol. The van der Waals surface area contributed by atoms with E-state index in [1.807, 2.05) is 0 Å². The summed E-state index contributed by atoms with van der Waals surface area (Å²) in [6, 6.07) is 9.07. The van der Waals surface area contributed by atoms with Crippen LogP contribution in [0, 0.1) is 0 Å². The lowest BCUT2D eigenvalue weighted by Crippen LogP contribution is -2.24. The second-order valence-corrected chi connectivity index (χ2v) is 8.41. The maximum atomic E-state index is 12.8. The standard InChI is InChI=1S/C16H14ClF3N2O3S2/c17-14-6-3-11(7-13(14)16(18,19)20)26-9-15(23)22-8-10-1-4-12(5-2-10)27(21,24)25/h1-7H,8-9H2,(H,22,23)(H2,21,24,25). The molecule has 0 aliphatic rings. The van der Waals surface area contributed by atoms with E-state index in [0.717, 1.165) is 23.9 Å². The van der Waals surface area contributed by atoms with Crippen LogP contribution in [0.5, 0.6) is 0 Å². The maximum Gasteiger partial charge on any atom is 0.417 e. The Kier molecular flexibility index (Phi) is 6.79. The third-order valence-corrected chi connectivity index (χ3v) is 5.61. The number of carbonyl (C=O) groups is 1. The molecule has 2 aromatic carbocycles. The smallest absolute Gasteiger partial charge is 0.351 e. The van der Waals surface area contributed by atoms with Crippen molar-refractivity contribution in [2.45, 2.75) is 22.5 Å². The number of amides is 1. The average Bonchev–Trinajstić information content (AvgIpc) is 2.57. The Morgan fingerprint density at radius 1 is 1.15 bits per heavy atom. The highest BCUT2D eigenvalue weighted by molar-refractivity contribution is 8.00. The molecular formula is C16H14ClF3N2O3S2. The molecule has 0 fully saturated rings. The van der Waals surface area contributed by atoms with Gasteiger partial charge in [-0.1, -0.05) is 23.7 Å². The molecule has 0 spiro atoms. The zero-order valence-corrected chi connectivity index (χ0v) is 16.0. The third-order valence-electron chi connectivity index (χ3n) is 3.35. The third kappa shape index (κ3) is 6.42. The van der Waals surface area contributed by atoms with E-state index in [0.29, 0.717) is 5.56 Å². The maximum absolute atomic E-state index is 12.8. The van der Waals surface area contributed by atoms with Crippen molar-refractivity contribution in [3.05, 3.63) is 58.6 Å². The van der Waals surface area contributed by atoms with E-state index in [9.17, 15) is 26.4 Å². The molecule has 0 bridgehead atoms. The van der Waals surface area contributed by atoms with Gasteiger partial charge in [0.15, 0.2) is 0 Å². The first-order valence-electron chi connectivity index (χ1n) is 7.35. The summed E-state index contributed by atoms with van der Waals surface area (Å²) in [5.74, 6) is -0.479. The molecule has 0 saturated heterocycles. The molecule has 1 amide bonds. The van der Waals surface area contributed by atoms with Gasteiger partial charge in [0.25, 0.3) is 0 Å². The Labute approximate surface area is 163 Å². The molecule has 3 N–H and O–H groups in total. The molecule has 2 aromatic rings. The molecule has 27 heavy (non-hydrogen) atoms. The molecule has 5 nitrogen and oxygen atoms in total. The van der Waals surface area contributed by atoms with Crippen LogP contribution in [0.3, 0.4) is 0 Å². The molecule has 0 radical (unpaired) electrons. The van der Waals surface area contributed by atoms with Crippen molar-refractivity contribution in [2.24, 2.45) is 5.14 Å². The molecule has 0 atom stereocenters. The van der Waals surface area contributed by atoms with Gasteiger partial charge < -0.3 is 5.32 Å². The summed E-state index contributed by atoms with van der Waals surface area (Å²) >= 11 is 6.49. The first-order valence-corrected chi connectivity index (χ1v) is 10.3. The second kappa shape index (κ2) is 8.51. The van der Waals surface area contributed by atoms with Crippen LogP contribution < -0.4 is 10.5 Å². The summed E-state index contributed by atoms with van der Waals surface area (Å²) in [5, 5.41) is 7.18. The van der Waals surface area contributed by atoms with Gasteiger partial charge in [-0.2, -0.15) is 13.2 Å². The molecule has 11 heteroatoms. The van der Waals surface area contributed by atoms with E-state index in [1.165, 1.54) is 30.3 Å². The van der Waals surface area contributed by atoms with Gasteiger partial charge in [-0.15, -0.1) is 11.8 Å². The Morgan fingerprint density at radius 2 is 1.78 bits per heavy atom. The Bertz CT molecular complexity index is 933. The number of carbonyl (C=O) groups excluding carboxylic acids is 1.